The summed E-state index contributed by atoms with van der Waals surface area (Å²) >= 11 is 0. The predicted octanol–water partition coefficient (Wildman–Crippen LogP) is 3.09. The Hall–Kier alpha value is -2.24. The Morgan fingerprint density at radius 3 is 2.21 bits per heavy atom. The third kappa shape index (κ3) is 3.96. The molecule has 4 fully saturated rings. The fourth-order valence-corrected chi connectivity index (χ4v) is 5.79. The van der Waals surface area contributed by atoms with Gasteiger partial charge in [-0.1, -0.05) is 12.1 Å². The molecule has 1 amide bonds. The van der Waals surface area contributed by atoms with Crippen molar-refractivity contribution in [3.8, 4) is 11.5 Å². The number of esters is 1. The average molecular weight is 387 g/mol. The minimum absolute atomic E-state index is 0.0829. The Balaban J connectivity index is 1.28. The minimum atomic E-state index is -0.832. The zero-order valence-corrected chi connectivity index (χ0v) is 16.6. The molecule has 0 unspecified atom stereocenters. The molecule has 0 heterocycles. The topological polar surface area (TPSA) is 73.9 Å². The number of hydrogen-bond acceptors (Lipinski definition) is 5. The van der Waals surface area contributed by atoms with Crippen LogP contribution in [0.25, 0.3) is 0 Å². The summed E-state index contributed by atoms with van der Waals surface area (Å²) in [6.45, 7) is 1.35. The number of methoxy groups -OCH3 is 1. The average Bonchev–Trinajstić information content (AvgIpc) is 2.65. The van der Waals surface area contributed by atoms with Crippen LogP contribution in [0.1, 0.15) is 45.4 Å². The largest absolute Gasteiger partial charge is 0.493 e. The third-order valence-corrected chi connectivity index (χ3v) is 6.52. The van der Waals surface area contributed by atoms with Crippen molar-refractivity contribution in [2.45, 2.75) is 57.1 Å². The van der Waals surface area contributed by atoms with E-state index < -0.39 is 12.1 Å². The van der Waals surface area contributed by atoms with Gasteiger partial charge in [-0.05, 0) is 75.3 Å². The molecule has 6 heteroatoms. The lowest BCUT2D eigenvalue weighted by atomic mass is 9.53. The predicted molar refractivity (Wildman–Crippen MR) is 103 cm³/mol. The van der Waals surface area contributed by atoms with Gasteiger partial charge >= 0.3 is 5.97 Å². The van der Waals surface area contributed by atoms with Crippen LogP contribution in [0.5, 0.6) is 11.5 Å². The Labute approximate surface area is 165 Å². The monoisotopic (exact) mass is 387 g/mol. The molecule has 4 aliphatic rings. The van der Waals surface area contributed by atoms with Gasteiger partial charge in [-0.3, -0.25) is 4.79 Å². The maximum atomic E-state index is 12.7. The van der Waals surface area contributed by atoms with E-state index in [0.717, 1.165) is 37.0 Å². The number of benzene rings is 1. The number of para-hydroxylation sites is 2. The van der Waals surface area contributed by atoms with Crippen LogP contribution in [0.4, 0.5) is 0 Å². The summed E-state index contributed by atoms with van der Waals surface area (Å²) in [7, 11) is 1.54. The second kappa shape index (κ2) is 7.64. The Kier molecular flexibility index (Phi) is 5.21. The Bertz CT molecular complexity index is 711. The lowest BCUT2D eigenvalue weighted by molar-refractivity contribution is -0.158. The van der Waals surface area contributed by atoms with Crippen LogP contribution in [0, 0.1) is 17.8 Å². The zero-order valence-electron chi connectivity index (χ0n) is 16.6. The van der Waals surface area contributed by atoms with Gasteiger partial charge in [0.25, 0.3) is 5.91 Å². The summed E-state index contributed by atoms with van der Waals surface area (Å²) in [6, 6.07) is 7.09. The number of hydrogen-bond donors (Lipinski definition) is 1. The van der Waals surface area contributed by atoms with Gasteiger partial charge in [0.05, 0.1) is 7.11 Å². The van der Waals surface area contributed by atoms with E-state index in [4.69, 9.17) is 14.2 Å². The summed E-state index contributed by atoms with van der Waals surface area (Å²) in [5.74, 6) is 2.48. The number of carbonyl (C=O) groups excluding carboxylic acids is 2. The maximum Gasteiger partial charge on any atom is 0.344 e. The van der Waals surface area contributed by atoms with Gasteiger partial charge in [0.1, 0.15) is 0 Å². The molecule has 1 aromatic rings. The van der Waals surface area contributed by atoms with Crippen molar-refractivity contribution in [1.29, 1.82) is 0 Å². The number of carbonyl (C=O) groups is 2. The molecule has 0 spiro atoms. The van der Waals surface area contributed by atoms with E-state index >= 15 is 0 Å². The normalized spacial score (nSPS) is 31.1. The molecule has 152 valence electrons. The molecule has 4 saturated carbocycles. The van der Waals surface area contributed by atoms with Crippen molar-refractivity contribution in [3.05, 3.63) is 24.3 Å². The molecule has 0 aliphatic heterocycles. The molecule has 4 bridgehead atoms. The molecule has 1 N–H and O–H groups in total. The number of amides is 1. The summed E-state index contributed by atoms with van der Waals surface area (Å²) in [5.41, 5.74) is -0.0829. The molecule has 28 heavy (non-hydrogen) atoms. The summed E-state index contributed by atoms with van der Waals surface area (Å²) < 4.78 is 16.0. The highest BCUT2D eigenvalue weighted by atomic mass is 16.6. The smallest absolute Gasteiger partial charge is 0.344 e. The zero-order chi connectivity index (χ0) is 19.7. The molecule has 5 rings (SSSR count). The number of nitrogens with one attached hydrogen (secondary N) is 1. The first-order chi connectivity index (χ1) is 13.5. The van der Waals surface area contributed by atoms with E-state index in [2.05, 4.69) is 5.32 Å². The third-order valence-electron chi connectivity index (χ3n) is 6.52. The second-order valence-corrected chi connectivity index (χ2v) is 8.76. The van der Waals surface area contributed by atoms with Crippen LogP contribution in [0.2, 0.25) is 0 Å². The van der Waals surface area contributed by atoms with Gasteiger partial charge in [0.15, 0.2) is 24.2 Å². The van der Waals surface area contributed by atoms with Crippen LogP contribution in [0.15, 0.2) is 24.3 Å². The molecular formula is C22H29NO5. The molecule has 0 saturated heterocycles. The second-order valence-electron chi connectivity index (χ2n) is 8.76. The van der Waals surface area contributed by atoms with Crippen molar-refractivity contribution < 1.29 is 23.8 Å². The van der Waals surface area contributed by atoms with Crippen molar-refractivity contribution in [1.82, 2.24) is 5.32 Å². The SMILES string of the molecule is COc1ccccc1OCC(=O)O[C@@H](C)C(=O)NC12CC3CC(CC(C3)C1)C2. The van der Waals surface area contributed by atoms with E-state index in [1.165, 1.54) is 26.4 Å². The highest BCUT2D eigenvalue weighted by molar-refractivity contribution is 5.84. The van der Waals surface area contributed by atoms with E-state index in [-0.39, 0.29) is 18.1 Å². The fraction of sp³-hybridized carbons (Fsp3) is 0.636. The Morgan fingerprint density at radius 2 is 1.64 bits per heavy atom. The van der Waals surface area contributed by atoms with Crippen molar-refractivity contribution >= 4 is 11.9 Å². The summed E-state index contributed by atoms with van der Waals surface area (Å²) in [5, 5.41) is 3.24. The number of rotatable bonds is 7. The standard InChI is InChI=1S/C22H29NO5/c1-14(28-20(24)13-27-19-6-4-3-5-18(19)26-2)21(25)23-22-10-15-7-16(11-22)9-17(8-15)12-22/h3-6,14-17H,7-13H2,1-2H3,(H,23,25)/t14-,15?,16?,17?,22?/m0/s1. The van der Waals surface area contributed by atoms with Gasteiger partial charge in [-0.2, -0.15) is 0 Å². The van der Waals surface area contributed by atoms with E-state index in [1.54, 1.807) is 25.1 Å². The summed E-state index contributed by atoms with van der Waals surface area (Å²) in [6.07, 6.45) is 6.34. The highest BCUT2D eigenvalue weighted by Crippen LogP contribution is 2.55. The van der Waals surface area contributed by atoms with Crippen molar-refractivity contribution in [2.24, 2.45) is 17.8 Å². The number of ether oxygens (including phenoxy) is 3. The van der Waals surface area contributed by atoms with Crippen LogP contribution < -0.4 is 14.8 Å². The first-order valence-corrected chi connectivity index (χ1v) is 10.2. The van der Waals surface area contributed by atoms with Gasteiger partial charge in [-0.15, -0.1) is 0 Å². The van der Waals surface area contributed by atoms with E-state index in [0.29, 0.717) is 11.5 Å². The van der Waals surface area contributed by atoms with Gasteiger partial charge < -0.3 is 19.5 Å². The van der Waals surface area contributed by atoms with Crippen molar-refractivity contribution in [2.75, 3.05) is 13.7 Å². The van der Waals surface area contributed by atoms with Crippen LogP contribution in [-0.2, 0) is 14.3 Å². The lowest BCUT2D eigenvalue weighted by Gasteiger charge is -2.57. The molecule has 0 radical (unpaired) electrons. The quantitative estimate of drug-likeness (QED) is 0.728. The lowest BCUT2D eigenvalue weighted by Crippen LogP contribution is -2.61. The maximum absolute atomic E-state index is 12.7. The molecule has 4 aliphatic carbocycles. The van der Waals surface area contributed by atoms with E-state index in [1.807, 2.05) is 6.07 Å². The summed E-state index contributed by atoms with van der Waals surface area (Å²) in [4.78, 5) is 24.8. The molecule has 6 nitrogen and oxygen atoms in total. The highest BCUT2D eigenvalue weighted by Gasteiger charge is 2.51. The molecular weight excluding hydrogens is 358 g/mol. The van der Waals surface area contributed by atoms with Crippen LogP contribution in [0.3, 0.4) is 0 Å². The van der Waals surface area contributed by atoms with E-state index in [9.17, 15) is 9.59 Å². The van der Waals surface area contributed by atoms with Gasteiger partial charge in [0.2, 0.25) is 0 Å². The van der Waals surface area contributed by atoms with Crippen molar-refractivity contribution in [3.63, 3.8) is 0 Å². The van der Waals surface area contributed by atoms with Gasteiger partial charge in [-0.25, -0.2) is 4.79 Å². The van der Waals surface area contributed by atoms with Crippen LogP contribution >= 0.6 is 0 Å². The first-order valence-electron chi connectivity index (χ1n) is 10.2. The molecule has 0 aromatic heterocycles. The van der Waals surface area contributed by atoms with Crippen LogP contribution in [-0.4, -0.2) is 37.2 Å². The first kappa shape index (κ1) is 19.1. The molecule has 1 atom stereocenters. The van der Waals surface area contributed by atoms with Gasteiger partial charge in [0, 0.05) is 5.54 Å². The fourth-order valence-electron chi connectivity index (χ4n) is 5.79. The Morgan fingerprint density at radius 1 is 1.07 bits per heavy atom. The minimum Gasteiger partial charge on any atom is -0.493 e. The molecule has 1 aromatic carbocycles.